The molecule has 0 bridgehead atoms. The zero-order chi connectivity index (χ0) is 18.3. The lowest BCUT2D eigenvalue weighted by Gasteiger charge is -2.41. The minimum atomic E-state index is -0.364. The molecule has 0 amide bonds. The monoisotopic (exact) mass is 350 g/mol. The predicted octanol–water partition coefficient (Wildman–Crippen LogP) is 3.29. The number of carbonyl (C=O) groups is 2. The van der Waals surface area contributed by atoms with Crippen molar-refractivity contribution in [1.29, 1.82) is 0 Å². The van der Waals surface area contributed by atoms with E-state index in [0.717, 1.165) is 24.8 Å². The Morgan fingerprint density at radius 1 is 1.35 bits per heavy atom. The number of esters is 1. The number of fused-ring (bicyclic) bond motifs is 5. The van der Waals surface area contributed by atoms with Crippen LogP contribution in [0.1, 0.15) is 30.6 Å². The van der Waals surface area contributed by atoms with Gasteiger partial charge in [-0.2, -0.15) is 0 Å². The number of aromatic amines is 1. The smallest absolute Gasteiger partial charge is 0.335 e. The molecule has 5 heteroatoms. The number of ether oxygens (including phenoxy) is 1. The Hall–Kier alpha value is -2.82. The van der Waals surface area contributed by atoms with Gasteiger partial charge in [-0.1, -0.05) is 24.3 Å². The number of hydrogen-bond donors (Lipinski definition) is 1. The van der Waals surface area contributed by atoms with Gasteiger partial charge in [0.15, 0.2) is 0 Å². The molecule has 2 atom stereocenters. The summed E-state index contributed by atoms with van der Waals surface area (Å²) in [5, 5.41) is 1.27. The fourth-order valence-electron chi connectivity index (χ4n) is 4.34. The molecule has 1 N–H and O–H groups in total. The van der Waals surface area contributed by atoms with Crippen LogP contribution >= 0.6 is 0 Å². The van der Waals surface area contributed by atoms with E-state index in [1.165, 1.54) is 23.8 Å². The third kappa shape index (κ3) is 2.46. The van der Waals surface area contributed by atoms with Gasteiger partial charge in [-0.05, 0) is 37.0 Å². The molecule has 4 rings (SSSR count). The zero-order valence-electron chi connectivity index (χ0n) is 15.0. The van der Waals surface area contributed by atoms with E-state index in [4.69, 9.17) is 4.74 Å². The van der Waals surface area contributed by atoms with Crippen LogP contribution < -0.4 is 0 Å². The first-order chi connectivity index (χ1) is 12.7. The third-order valence-electron chi connectivity index (χ3n) is 5.63. The molecule has 1 aromatic carbocycles. The van der Waals surface area contributed by atoms with Gasteiger partial charge in [-0.3, -0.25) is 4.79 Å². The minimum Gasteiger partial charge on any atom is -0.466 e. The van der Waals surface area contributed by atoms with E-state index >= 15 is 0 Å². The predicted molar refractivity (Wildman–Crippen MR) is 99.5 cm³/mol. The fourth-order valence-corrected chi connectivity index (χ4v) is 4.34. The van der Waals surface area contributed by atoms with E-state index in [9.17, 15) is 9.59 Å². The number of H-pyrrole nitrogens is 1. The maximum absolute atomic E-state index is 12.3. The maximum Gasteiger partial charge on any atom is 0.335 e. The summed E-state index contributed by atoms with van der Waals surface area (Å²) in [4.78, 5) is 29.7. The Morgan fingerprint density at radius 2 is 2.15 bits per heavy atom. The second-order valence-corrected chi connectivity index (χ2v) is 6.84. The number of benzene rings is 1. The van der Waals surface area contributed by atoms with Crippen LogP contribution in [-0.4, -0.2) is 35.8 Å². The van der Waals surface area contributed by atoms with Gasteiger partial charge in [-0.15, -0.1) is 0 Å². The van der Waals surface area contributed by atoms with Crippen molar-refractivity contribution in [2.75, 3.05) is 13.7 Å². The fraction of sp³-hybridized carbons (Fsp3) is 0.333. The first-order valence-corrected chi connectivity index (χ1v) is 8.94. The molecule has 3 heterocycles. The average molecular weight is 350 g/mol. The van der Waals surface area contributed by atoms with Gasteiger partial charge in [-0.25, -0.2) is 4.79 Å². The molecule has 0 saturated heterocycles. The van der Waals surface area contributed by atoms with Gasteiger partial charge in [0.05, 0.1) is 18.7 Å². The Labute approximate surface area is 152 Å². The van der Waals surface area contributed by atoms with Crippen molar-refractivity contribution in [2.24, 2.45) is 5.92 Å². The van der Waals surface area contributed by atoms with E-state index in [-0.39, 0.29) is 17.9 Å². The second kappa shape index (κ2) is 6.48. The summed E-state index contributed by atoms with van der Waals surface area (Å²) in [6.45, 7) is 2.68. The summed E-state index contributed by atoms with van der Waals surface area (Å²) < 4.78 is 4.97. The normalized spacial score (nSPS) is 22.5. The van der Waals surface area contributed by atoms with Gasteiger partial charge < -0.3 is 14.6 Å². The van der Waals surface area contributed by atoms with Gasteiger partial charge in [0.25, 0.3) is 0 Å². The second-order valence-electron chi connectivity index (χ2n) is 6.84. The number of carbonyl (C=O) groups excluding carboxylic acids is 2. The highest BCUT2D eigenvalue weighted by atomic mass is 16.5. The lowest BCUT2D eigenvalue weighted by atomic mass is 9.80. The van der Waals surface area contributed by atoms with Crippen molar-refractivity contribution in [1.82, 2.24) is 9.88 Å². The molecule has 2 aromatic rings. The molecule has 26 heavy (non-hydrogen) atoms. The van der Waals surface area contributed by atoms with E-state index in [0.29, 0.717) is 17.6 Å². The van der Waals surface area contributed by atoms with E-state index < -0.39 is 0 Å². The van der Waals surface area contributed by atoms with Crippen LogP contribution in [0.15, 0.2) is 47.7 Å². The van der Waals surface area contributed by atoms with Crippen molar-refractivity contribution in [3.8, 4) is 0 Å². The molecule has 0 radical (unpaired) electrons. The molecule has 0 saturated carbocycles. The molecule has 1 aromatic heterocycles. The Morgan fingerprint density at radius 3 is 2.88 bits per heavy atom. The number of aromatic nitrogens is 1. The Bertz CT molecular complexity index is 938. The van der Waals surface area contributed by atoms with E-state index in [2.05, 4.69) is 28.1 Å². The topological polar surface area (TPSA) is 62.4 Å². The van der Waals surface area contributed by atoms with Crippen LogP contribution in [0.5, 0.6) is 0 Å². The quantitative estimate of drug-likeness (QED) is 0.524. The molecule has 2 aliphatic rings. The highest BCUT2D eigenvalue weighted by Crippen LogP contribution is 2.44. The Balaban J connectivity index is 1.82. The summed E-state index contributed by atoms with van der Waals surface area (Å²) >= 11 is 0. The average Bonchev–Trinajstić information content (AvgIpc) is 3.07. The van der Waals surface area contributed by atoms with Crippen LogP contribution in [0.4, 0.5) is 0 Å². The number of nitrogens with zero attached hydrogens (tertiary/aromatic N) is 1. The van der Waals surface area contributed by atoms with Gasteiger partial charge in [0.1, 0.15) is 6.29 Å². The summed E-state index contributed by atoms with van der Waals surface area (Å²) in [6, 6.07) is 8.47. The zero-order valence-corrected chi connectivity index (χ0v) is 15.0. The number of nitrogens with one attached hydrogen (secondary N) is 1. The number of para-hydroxylation sites is 1. The van der Waals surface area contributed by atoms with E-state index in [1.807, 2.05) is 19.2 Å². The molecule has 2 aliphatic heterocycles. The molecule has 0 aliphatic carbocycles. The van der Waals surface area contributed by atoms with E-state index in [1.54, 1.807) is 6.08 Å². The van der Waals surface area contributed by atoms with Crippen molar-refractivity contribution in [2.45, 2.75) is 25.8 Å². The first-order valence-electron chi connectivity index (χ1n) is 8.94. The van der Waals surface area contributed by atoms with Crippen LogP contribution in [0.3, 0.4) is 0 Å². The Kier molecular flexibility index (Phi) is 4.15. The highest BCUT2D eigenvalue weighted by molar-refractivity contribution is 5.92. The summed E-state index contributed by atoms with van der Waals surface area (Å²) in [5.41, 5.74) is 4.88. The van der Waals surface area contributed by atoms with Crippen LogP contribution in [0.2, 0.25) is 0 Å². The summed E-state index contributed by atoms with van der Waals surface area (Å²) in [6.07, 6.45) is 6.14. The molecule has 5 nitrogen and oxygen atoms in total. The number of aldehydes is 1. The largest absolute Gasteiger partial charge is 0.466 e. The number of allylic oxidation sites excluding steroid dienone is 2. The lowest BCUT2D eigenvalue weighted by Crippen LogP contribution is -2.38. The SMILES string of the molecule is CC=C(C=O)[C@@H]1CC2c3[nH]c4ccccc4c3CCN2C=C1C(=O)OC. The van der Waals surface area contributed by atoms with Crippen molar-refractivity contribution >= 4 is 23.2 Å². The summed E-state index contributed by atoms with van der Waals surface area (Å²) in [7, 11) is 1.38. The standard InChI is InChI=1S/C21H22N2O3/c1-3-13(12-24)16-10-19-20-15(14-6-4-5-7-18(14)22-20)8-9-23(19)11-17(16)21(25)26-2/h3-7,11-12,16,19,22H,8-10H2,1-2H3/t16-,19?/m0/s1. The van der Waals surface area contributed by atoms with Crippen LogP contribution in [0.25, 0.3) is 10.9 Å². The number of methoxy groups -OCH3 is 1. The van der Waals surface area contributed by atoms with Crippen molar-refractivity contribution < 1.29 is 14.3 Å². The summed E-state index contributed by atoms with van der Waals surface area (Å²) in [5.74, 6) is -0.611. The van der Waals surface area contributed by atoms with Crippen molar-refractivity contribution in [3.05, 3.63) is 58.9 Å². The van der Waals surface area contributed by atoms with Crippen molar-refractivity contribution in [3.63, 3.8) is 0 Å². The third-order valence-corrected chi connectivity index (χ3v) is 5.63. The molecular formula is C21H22N2O3. The molecule has 0 fully saturated rings. The van der Waals surface area contributed by atoms with Crippen LogP contribution in [-0.2, 0) is 20.7 Å². The molecule has 134 valence electrons. The lowest BCUT2D eigenvalue weighted by molar-refractivity contribution is -0.137. The number of hydrogen-bond acceptors (Lipinski definition) is 4. The molecule has 1 unspecified atom stereocenters. The molecule has 0 spiro atoms. The number of rotatable bonds is 3. The molecular weight excluding hydrogens is 328 g/mol. The highest BCUT2D eigenvalue weighted by Gasteiger charge is 2.39. The van der Waals surface area contributed by atoms with Crippen LogP contribution in [0, 0.1) is 5.92 Å². The van der Waals surface area contributed by atoms with Gasteiger partial charge >= 0.3 is 5.97 Å². The minimum absolute atomic E-state index is 0.124. The van der Waals surface area contributed by atoms with Gasteiger partial charge in [0.2, 0.25) is 0 Å². The van der Waals surface area contributed by atoms with Gasteiger partial charge in [0, 0.05) is 35.3 Å². The maximum atomic E-state index is 12.3. The first kappa shape index (κ1) is 16.6.